The molecule has 242 valence electrons. The van der Waals surface area contributed by atoms with Gasteiger partial charge in [0.2, 0.25) is 0 Å². The molecule has 0 spiro atoms. The first-order valence-corrected chi connectivity index (χ1v) is 16.8. The van der Waals surface area contributed by atoms with Crippen molar-refractivity contribution in [3.8, 4) is 0 Å². The highest BCUT2D eigenvalue weighted by molar-refractivity contribution is 5.88. The van der Waals surface area contributed by atoms with Crippen LogP contribution in [0.1, 0.15) is 129 Å². The van der Waals surface area contributed by atoms with Gasteiger partial charge >= 0.3 is 12.2 Å². The number of carbonyl (C=O) groups is 2. The summed E-state index contributed by atoms with van der Waals surface area (Å²) in [6.45, 7) is 6.77. The second-order valence-electron chi connectivity index (χ2n) is 11.8. The van der Waals surface area contributed by atoms with Crippen LogP contribution in [0.25, 0.3) is 0 Å². The molecular weight excluding hydrogens is 528 g/mol. The summed E-state index contributed by atoms with van der Waals surface area (Å²) in [5.74, 6) is 0. The normalized spacial score (nSPS) is 11.2. The van der Waals surface area contributed by atoms with Crippen LogP contribution in [-0.4, -0.2) is 62.6 Å². The topological polar surface area (TPSA) is 83.1 Å². The van der Waals surface area contributed by atoms with Gasteiger partial charge in [-0.05, 0) is 45.1 Å². The minimum Gasteiger partial charge on any atom is -0.433 e. The van der Waals surface area contributed by atoms with Crippen LogP contribution in [0, 0.1) is 0 Å². The van der Waals surface area contributed by atoms with Gasteiger partial charge < -0.3 is 9.47 Å². The highest BCUT2D eigenvalue weighted by atomic mass is 16.6. The molecule has 1 aromatic rings. The number of unbranched alkanes of at least 4 members (excludes halogenated alkanes) is 16. The molecule has 0 saturated heterocycles. The second kappa shape index (κ2) is 26.3. The Labute approximate surface area is 257 Å². The summed E-state index contributed by atoms with van der Waals surface area (Å²) < 4.78 is 10.7. The molecule has 2 amide bonds. The van der Waals surface area contributed by atoms with E-state index >= 15 is 0 Å². The number of benzene rings is 1. The van der Waals surface area contributed by atoms with Crippen LogP contribution >= 0.6 is 0 Å². The van der Waals surface area contributed by atoms with E-state index in [4.69, 9.17) is 9.47 Å². The number of hydrogen-bond donors (Lipinski definition) is 2. The summed E-state index contributed by atoms with van der Waals surface area (Å²) in [7, 11) is 3.92. The van der Waals surface area contributed by atoms with Crippen LogP contribution in [-0.2, 0) is 9.47 Å². The van der Waals surface area contributed by atoms with Gasteiger partial charge in [0, 0.05) is 24.5 Å². The highest BCUT2D eigenvalue weighted by Crippen LogP contribution is 2.16. The average Bonchev–Trinajstić information content (AvgIpc) is 2.97. The second-order valence-corrected chi connectivity index (χ2v) is 11.8. The summed E-state index contributed by atoms with van der Waals surface area (Å²) in [6.07, 6.45) is 22.2. The summed E-state index contributed by atoms with van der Waals surface area (Å²) in [4.78, 5) is 28.6. The highest BCUT2D eigenvalue weighted by Gasteiger charge is 2.09. The summed E-state index contributed by atoms with van der Waals surface area (Å²) >= 11 is 0. The maximum absolute atomic E-state index is 12.3. The van der Waals surface area contributed by atoms with Gasteiger partial charge in [0.05, 0.1) is 0 Å². The standard InChI is InChI=1S/C34H62N4O4/c1-5-7-9-11-13-15-17-19-21-26-37(3)29-41-33(39)35-31-24-23-25-32(28-31)36-34(40)42-30-38(4)27-22-20-18-16-14-12-10-8-6-2/h23-25,28H,5-22,26-27,29-30H2,1-4H3,(H,35,39)(H,36,40). The van der Waals surface area contributed by atoms with Crippen molar-refractivity contribution in [2.45, 2.75) is 129 Å². The zero-order chi connectivity index (χ0) is 30.7. The third-order valence-corrected chi connectivity index (χ3v) is 7.47. The van der Waals surface area contributed by atoms with Crippen LogP contribution in [0.3, 0.4) is 0 Å². The van der Waals surface area contributed by atoms with Gasteiger partial charge in [-0.15, -0.1) is 0 Å². The van der Waals surface area contributed by atoms with E-state index in [-0.39, 0.29) is 13.5 Å². The Hall–Kier alpha value is -2.32. The van der Waals surface area contributed by atoms with Crippen molar-refractivity contribution in [1.29, 1.82) is 0 Å². The first kappa shape index (κ1) is 37.7. The van der Waals surface area contributed by atoms with E-state index in [0.29, 0.717) is 11.4 Å². The molecule has 8 heteroatoms. The van der Waals surface area contributed by atoms with Crippen molar-refractivity contribution in [3.63, 3.8) is 0 Å². The van der Waals surface area contributed by atoms with Crippen LogP contribution in [0.15, 0.2) is 24.3 Å². The number of anilines is 2. The molecule has 0 heterocycles. The molecule has 42 heavy (non-hydrogen) atoms. The maximum atomic E-state index is 12.3. The largest absolute Gasteiger partial charge is 0.433 e. The van der Waals surface area contributed by atoms with Gasteiger partial charge in [0.1, 0.15) is 13.5 Å². The zero-order valence-electron chi connectivity index (χ0n) is 27.4. The number of amides is 2. The lowest BCUT2D eigenvalue weighted by molar-refractivity contribution is 0.0919. The van der Waals surface area contributed by atoms with E-state index < -0.39 is 12.2 Å². The summed E-state index contributed by atoms with van der Waals surface area (Å²) in [6, 6.07) is 6.95. The van der Waals surface area contributed by atoms with Gasteiger partial charge in [0.25, 0.3) is 0 Å². The lowest BCUT2D eigenvalue weighted by Gasteiger charge is -2.17. The molecule has 1 rings (SSSR count). The number of rotatable bonds is 26. The van der Waals surface area contributed by atoms with Gasteiger partial charge in [-0.25, -0.2) is 9.59 Å². The van der Waals surface area contributed by atoms with Crippen molar-refractivity contribution >= 4 is 23.6 Å². The first-order valence-electron chi connectivity index (χ1n) is 16.8. The lowest BCUT2D eigenvalue weighted by Crippen LogP contribution is -2.27. The minimum absolute atomic E-state index is 0.236. The van der Waals surface area contributed by atoms with Crippen molar-refractivity contribution in [2.75, 3.05) is 51.3 Å². The van der Waals surface area contributed by atoms with Gasteiger partial charge in [0.15, 0.2) is 0 Å². The molecule has 0 aromatic heterocycles. The van der Waals surface area contributed by atoms with E-state index in [1.54, 1.807) is 24.3 Å². The van der Waals surface area contributed by atoms with E-state index in [9.17, 15) is 9.59 Å². The monoisotopic (exact) mass is 590 g/mol. The minimum atomic E-state index is -0.522. The van der Waals surface area contributed by atoms with E-state index in [1.165, 1.54) is 103 Å². The molecule has 0 saturated carbocycles. The van der Waals surface area contributed by atoms with Gasteiger partial charge in [-0.1, -0.05) is 123 Å². The fourth-order valence-corrected chi connectivity index (χ4v) is 4.83. The molecule has 0 aliphatic rings. The molecule has 1 aromatic carbocycles. The van der Waals surface area contributed by atoms with E-state index in [1.807, 2.05) is 23.9 Å². The van der Waals surface area contributed by atoms with Crippen LogP contribution < -0.4 is 10.6 Å². The maximum Gasteiger partial charge on any atom is 0.412 e. The van der Waals surface area contributed by atoms with Gasteiger partial charge in [-0.2, -0.15) is 0 Å². The molecule has 0 fully saturated rings. The quantitative estimate of drug-likeness (QED) is 0.0825. The molecule has 0 atom stereocenters. The van der Waals surface area contributed by atoms with Crippen molar-refractivity contribution in [2.24, 2.45) is 0 Å². The number of ether oxygens (including phenoxy) is 2. The number of carbonyl (C=O) groups excluding carboxylic acids is 2. The molecular formula is C34H62N4O4. The van der Waals surface area contributed by atoms with Gasteiger partial charge in [-0.3, -0.25) is 20.4 Å². The predicted molar refractivity (Wildman–Crippen MR) is 176 cm³/mol. The average molecular weight is 591 g/mol. The number of nitrogens with one attached hydrogen (secondary N) is 2. The Balaban J connectivity index is 2.14. The predicted octanol–water partition coefficient (Wildman–Crippen LogP) is 9.62. The Kier molecular flexibility index (Phi) is 23.6. The zero-order valence-corrected chi connectivity index (χ0v) is 27.4. The molecule has 0 radical (unpaired) electrons. The van der Waals surface area contributed by atoms with E-state index in [0.717, 1.165) is 25.9 Å². The van der Waals surface area contributed by atoms with Crippen LogP contribution in [0.2, 0.25) is 0 Å². The SMILES string of the molecule is CCCCCCCCCCCN(C)COC(=O)Nc1cccc(NC(=O)OCN(C)CCCCCCCCCCC)c1. The summed E-state index contributed by atoms with van der Waals surface area (Å²) in [5.41, 5.74) is 1.09. The third-order valence-electron chi connectivity index (χ3n) is 7.47. The lowest BCUT2D eigenvalue weighted by atomic mass is 10.1. The molecule has 0 aliphatic heterocycles. The molecule has 8 nitrogen and oxygen atoms in total. The first-order chi connectivity index (χ1) is 20.4. The van der Waals surface area contributed by atoms with Crippen LogP contribution in [0.4, 0.5) is 21.0 Å². The molecule has 0 bridgehead atoms. The molecule has 2 N–H and O–H groups in total. The van der Waals surface area contributed by atoms with Crippen molar-refractivity contribution < 1.29 is 19.1 Å². The van der Waals surface area contributed by atoms with Crippen LogP contribution in [0.5, 0.6) is 0 Å². The Morgan fingerprint density at radius 2 is 0.905 bits per heavy atom. The van der Waals surface area contributed by atoms with Crippen molar-refractivity contribution in [3.05, 3.63) is 24.3 Å². The number of nitrogens with zero attached hydrogens (tertiary/aromatic N) is 2. The fraction of sp³-hybridized carbons (Fsp3) is 0.765. The van der Waals surface area contributed by atoms with E-state index in [2.05, 4.69) is 24.5 Å². The third kappa shape index (κ3) is 22.3. The smallest absolute Gasteiger partial charge is 0.412 e. The number of hydrogen-bond acceptors (Lipinski definition) is 6. The fourth-order valence-electron chi connectivity index (χ4n) is 4.83. The van der Waals surface area contributed by atoms with Crippen molar-refractivity contribution in [1.82, 2.24) is 9.80 Å². The summed E-state index contributed by atoms with van der Waals surface area (Å²) in [5, 5.41) is 5.46. The molecule has 0 aliphatic carbocycles. The Morgan fingerprint density at radius 1 is 0.571 bits per heavy atom. The Morgan fingerprint density at radius 3 is 1.26 bits per heavy atom. The Bertz CT molecular complexity index is 746. The molecule has 0 unspecified atom stereocenters.